The van der Waals surface area contributed by atoms with Gasteiger partial charge in [-0.1, -0.05) is 0 Å². The molecule has 2 heterocycles. The summed E-state index contributed by atoms with van der Waals surface area (Å²) in [6.07, 6.45) is -2.23. The first-order valence-corrected chi connectivity index (χ1v) is 6.79. The van der Waals surface area contributed by atoms with Gasteiger partial charge in [-0.3, -0.25) is 10.1 Å². The number of hydrogen-bond donors (Lipinski definition) is 1. The van der Waals surface area contributed by atoms with Crippen molar-refractivity contribution in [2.24, 2.45) is 0 Å². The van der Waals surface area contributed by atoms with E-state index in [9.17, 15) is 23.3 Å². The number of ether oxygens (including phenoxy) is 1. The summed E-state index contributed by atoms with van der Waals surface area (Å²) >= 11 is 0. The van der Waals surface area contributed by atoms with Crippen molar-refractivity contribution in [2.75, 3.05) is 18.5 Å². The Kier molecular flexibility index (Phi) is 5.17. The first kappa shape index (κ1) is 17.4. The molecule has 0 spiro atoms. The third kappa shape index (κ3) is 4.31. The van der Waals surface area contributed by atoms with Crippen LogP contribution in [0.4, 0.5) is 24.7 Å². The van der Waals surface area contributed by atoms with Gasteiger partial charge in [-0.05, 0) is 25.1 Å². The Morgan fingerprint density at radius 1 is 1.38 bits per heavy atom. The van der Waals surface area contributed by atoms with E-state index in [1.165, 1.54) is 18.3 Å². The zero-order chi connectivity index (χ0) is 17.7. The van der Waals surface area contributed by atoms with Crippen LogP contribution in [0.3, 0.4) is 0 Å². The molecule has 2 aromatic rings. The SMILES string of the molecule is Cc1cc(NCCOc2ncccc2C(F)(F)F)ncc1[N+](=O)[O-]. The number of nitrogens with one attached hydrogen (secondary N) is 1. The van der Waals surface area contributed by atoms with Gasteiger partial charge in [-0.15, -0.1) is 0 Å². The summed E-state index contributed by atoms with van der Waals surface area (Å²) in [6.45, 7) is 1.63. The van der Waals surface area contributed by atoms with Crippen LogP contribution < -0.4 is 10.1 Å². The summed E-state index contributed by atoms with van der Waals surface area (Å²) in [5.41, 5.74) is -0.642. The number of anilines is 1. The van der Waals surface area contributed by atoms with Gasteiger partial charge in [0.2, 0.25) is 5.88 Å². The maximum absolute atomic E-state index is 12.8. The van der Waals surface area contributed by atoms with E-state index in [0.717, 1.165) is 12.3 Å². The number of hydrogen-bond acceptors (Lipinski definition) is 6. The van der Waals surface area contributed by atoms with Crippen LogP contribution in [0.5, 0.6) is 5.88 Å². The average molecular weight is 342 g/mol. The molecule has 0 unspecified atom stereocenters. The molecule has 0 aromatic carbocycles. The van der Waals surface area contributed by atoms with Crippen molar-refractivity contribution in [1.29, 1.82) is 0 Å². The van der Waals surface area contributed by atoms with E-state index in [2.05, 4.69) is 15.3 Å². The Balaban J connectivity index is 1.92. The van der Waals surface area contributed by atoms with Crippen LogP contribution in [0.1, 0.15) is 11.1 Å². The summed E-state index contributed by atoms with van der Waals surface area (Å²) in [6, 6.07) is 3.54. The minimum absolute atomic E-state index is 0.0855. The highest BCUT2D eigenvalue weighted by Gasteiger charge is 2.34. The fraction of sp³-hybridized carbons (Fsp3) is 0.286. The minimum atomic E-state index is -4.55. The van der Waals surface area contributed by atoms with E-state index in [4.69, 9.17) is 4.74 Å². The van der Waals surface area contributed by atoms with Gasteiger partial charge in [0.15, 0.2) is 0 Å². The minimum Gasteiger partial charge on any atom is -0.475 e. The quantitative estimate of drug-likeness (QED) is 0.492. The van der Waals surface area contributed by atoms with Gasteiger partial charge in [0.1, 0.15) is 24.2 Å². The Hall–Kier alpha value is -2.91. The van der Waals surface area contributed by atoms with Crippen molar-refractivity contribution < 1.29 is 22.8 Å². The summed E-state index contributed by atoms with van der Waals surface area (Å²) in [5, 5.41) is 13.5. The van der Waals surface area contributed by atoms with E-state index >= 15 is 0 Å². The van der Waals surface area contributed by atoms with Gasteiger partial charge in [0.25, 0.3) is 5.69 Å². The first-order valence-electron chi connectivity index (χ1n) is 6.79. The number of nitrogens with zero attached hydrogens (tertiary/aromatic N) is 3. The van der Waals surface area contributed by atoms with E-state index in [1.807, 2.05) is 0 Å². The van der Waals surface area contributed by atoms with Crippen molar-refractivity contribution >= 4 is 11.5 Å². The van der Waals surface area contributed by atoms with Crippen molar-refractivity contribution in [3.05, 3.63) is 51.8 Å². The highest BCUT2D eigenvalue weighted by Crippen LogP contribution is 2.34. The Labute approximate surface area is 134 Å². The number of alkyl halides is 3. The second kappa shape index (κ2) is 7.11. The summed E-state index contributed by atoms with van der Waals surface area (Å²) in [4.78, 5) is 17.6. The summed E-state index contributed by atoms with van der Waals surface area (Å²) < 4.78 is 43.4. The third-order valence-corrected chi connectivity index (χ3v) is 3.00. The van der Waals surface area contributed by atoms with Crippen molar-refractivity contribution in [3.8, 4) is 5.88 Å². The second-order valence-electron chi connectivity index (χ2n) is 4.74. The molecule has 128 valence electrons. The normalized spacial score (nSPS) is 11.2. The highest BCUT2D eigenvalue weighted by molar-refractivity contribution is 5.46. The van der Waals surface area contributed by atoms with Crippen LogP contribution in [0.15, 0.2) is 30.6 Å². The van der Waals surface area contributed by atoms with Crippen molar-refractivity contribution in [2.45, 2.75) is 13.1 Å². The molecule has 0 fully saturated rings. The second-order valence-corrected chi connectivity index (χ2v) is 4.74. The third-order valence-electron chi connectivity index (χ3n) is 3.00. The molecule has 7 nitrogen and oxygen atoms in total. The molecule has 0 saturated carbocycles. The largest absolute Gasteiger partial charge is 0.475 e. The maximum atomic E-state index is 12.8. The molecule has 0 amide bonds. The lowest BCUT2D eigenvalue weighted by atomic mass is 10.2. The van der Waals surface area contributed by atoms with Crippen LogP contribution >= 0.6 is 0 Å². The summed E-state index contributed by atoms with van der Waals surface area (Å²) in [5.74, 6) is -0.140. The standard InChI is InChI=1S/C14H13F3N4O3/c1-9-7-12(20-8-11(9)21(22)23)18-5-6-24-13-10(14(15,16)17)3-2-4-19-13/h2-4,7-8H,5-6H2,1H3,(H,18,20). The zero-order valence-electron chi connectivity index (χ0n) is 12.5. The van der Waals surface area contributed by atoms with Crippen LogP contribution in [-0.4, -0.2) is 28.0 Å². The van der Waals surface area contributed by atoms with Crippen molar-refractivity contribution in [3.63, 3.8) is 0 Å². The van der Waals surface area contributed by atoms with E-state index in [-0.39, 0.29) is 18.8 Å². The monoisotopic (exact) mass is 342 g/mol. The van der Waals surface area contributed by atoms with Crippen LogP contribution in [0, 0.1) is 17.0 Å². The molecule has 24 heavy (non-hydrogen) atoms. The molecular formula is C14H13F3N4O3. The number of aromatic nitrogens is 2. The molecule has 0 bridgehead atoms. The van der Waals surface area contributed by atoms with Gasteiger partial charge in [0, 0.05) is 11.8 Å². The Bertz CT molecular complexity index is 737. The van der Waals surface area contributed by atoms with Gasteiger partial charge < -0.3 is 10.1 Å². The lowest BCUT2D eigenvalue weighted by Gasteiger charge is -2.13. The lowest BCUT2D eigenvalue weighted by molar-refractivity contribution is -0.385. The molecule has 0 aliphatic rings. The lowest BCUT2D eigenvalue weighted by Crippen LogP contribution is -2.16. The molecule has 0 atom stereocenters. The van der Waals surface area contributed by atoms with Gasteiger partial charge in [-0.25, -0.2) is 9.97 Å². The average Bonchev–Trinajstić information content (AvgIpc) is 2.50. The Morgan fingerprint density at radius 2 is 2.12 bits per heavy atom. The van der Waals surface area contributed by atoms with Gasteiger partial charge >= 0.3 is 6.18 Å². The number of aryl methyl sites for hydroxylation is 1. The maximum Gasteiger partial charge on any atom is 0.421 e. The topological polar surface area (TPSA) is 90.2 Å². The van der Waals surface area contributed by atoms with Gasteiger partial charge in [-0.2, -0.15) is 13.2 Å². The number of nitro groups is 1. The van der Waals surface area contributed by atoms with E-state index < -0.39 is 22.5 Å². The fourth-order valence-electron chi connectivity index (χ4n) is 1.88. The molecule has 0 radical (unpaired) electrons. The highest BCUT2D eigenvalue weighted by atomic mass is 19.4. The molecule has 2 rings (SSSR count). The van der Waals surface area contributed by atoms with E-state index in [1.54, 1.807) is 6.92 Å². The number of pyridine rings is 2. The summed E-state index contributed by atoms with van der Waals surface area (Å²) in [7, 11) is 0. The van der Waals surface area contributed by atoms with Crippen LogP contribution in [0.2, 0.25) is 0 Å². The molecule has 0 aliphatic carbocycles. The molecule has 1 N–H and O–H groups in total. The van der Waals surface area contributed by atoms with Gasteiger partial charge in [0.05, 0.1) is 11.5 Å². The molecule has 2 aromatic heterocycles. The zero-order valence-corrected chi connectivity index (χ0v) is 12.5. The van der Waals surface area contributed by atoms with Crippen LogP contribution in [-0.2, 0) is 6.18 Å². The number of halogens is 3. The van der Waals surface area contributed by atoms with Crippen LogP contribution in [0.25, 0.3) is 0 Å². The molecule has 0 saturated heterocycles. The van der Waals surface area contributed by atoms with Crippen molar-refractivity contribution in [1.82, 2.24) is 9.97 Å². The first-order chi connectivity index (χ1) is 11.3. The number of rotatable bonds is 6. The molecular weight excluding hydrogens is 329 g/mol. The van der Waals surface area contributed by atoms with E-state index in [0.29, 0.717) is 11.4 Å². The molecule has 10 heteroatoms. The predicted molar refractivity (Wildman–Crippen MR) is 78.9 cm³/mol. The predicted octanol–water partition coefficient (Wildman–Crippen LogP) is 3.20. The smallest absolute Gasteiger partial charge is 0.421 e. The fourth-order valence-corrected chi connectivity index (χ4v) is 1.88. The Morgan fingerprint density at radius 3 is 2.75 bits per heavy atom. The molecule has 0 aliphatic heterocycles.